The minimum atomic E-state index is -0.329. The van der Waals surface area contributed by atoms with E-state index in [-0.39, 0.29) is 24.0 Å². The molecule has 1 N–H and O–H groups in total. The number of nitrogens with one attached hydrogen (secondary N) is 1. The molecule has 0 aliphatic rings. The highest BCUT2D eigenvalue weighted by Crippen LogP contribution is 2.11. The number of hydrogen-bond acceptors (Lipinski definition) is 4. The van der Waals surface area contributed by atoms with Crippen LogP contribution < -0.4 is 5.32 Å². The Morgan fingerprint density at radius 3 is 2.81 bits per heavy atom. The van der Waals surface area contributed by atoms with Gasteiger partial charge in [0.25, 0.3) is 5.91 Å². The summed E-state index contributed by atoms with van der Waals surface area (Å²) in [5, 5.41) is 3.00. The van der Waals surface area contributed by atoms with Crippen molar-refractivity contribution in [3.63, 3.8) is 0 Å². The molecule has 21 heavy (non-hydrogen) atoms. The first kappa shape index (κ1) is 14.9. The van der Waals surface area contributed by atoms with Gasteiger partial charge in [-0.3, -0.25) is 9.78 Å². The SMILES string of the molecule is CCNc1cncc(C(=O)N(C)Cc2ccccc2F)n1. The van der Waals surface area contributed by atoms with Crippen molar-refractivity contribution in [1.82, 2.24) is 14.9 Å². The van der Waals surface area contributed by atoms with Crippen molar-refractivity contribution in [3.8, 4) is 0 Å². The summed E-state index contributed by atoms with van der Waals surface area (Å²) in [6, 6.07) is 6.38. The van der Waals surface area contributed by atoms with E-state index in [2.05, 4.69) is 15.3 Å². The Labute approximate surface area is 122 Å². The normalized spacial score (nSPS) is 10.2. The fourth-order valence-electron chi connectivity index (χ4n) is 1.88. The van der Waals surface area contributed by atoms with Crippen molar-refractivity contribution in [2.24, 2.45) is 0 Å². The molecule has 0 saturated carbocycles. The molecule has 0 fully saturated rings. The minimum Gasteiger partial charge on any atom is -0.369 e. The van der Waals surface area contributed by atoms with Crippen LogP contribution in [0.1, 0.15) is 23.0 Å². The van der Waals surface area contributed by atoms with Crippen LogP contribution in [0, 0.1) is 5.82 Å². The average molecular weight is 288 g/mol. The number of carbonyl (C=O) groups is 1. The molecule has 0 spiro atoms. The molecule has 0 aliphatic heterocycles. The lowest BCUT2D eigenvalue weighted by atomic mass is 10.2. The zero-order valence-electron chi connectivity index (χ0n) is 12.0. The van der Waals surface area contributed by atoms with Crippen LogP contribution in [-0.2, 0) is 6.54 Å². The van der Waals surface area contributed by atoms with E-state index >= 15 is 0 Å². The van der Waals surface area contributed by atoms with E-state index in [1.54, 1.807) is 31.4 Å². The molecule has 0 bridgehead atoms. The van der Waals surface area contributed by atoms with Gasteiger partial charge in [-0.1, -0.05) is 18.2 Å². The monoisotopic (exact) mass is 288 g/mol. The fourth-order valence-corrected chi connectivity index (χ4v) is 1.88. The van der Waals surface area contributed by atoms with Gasteiger partial charge < -0.3 is 10.2 Å². The van der Waals surface area contributed by atoms with Crippen LogP contribution in [0.3, 0.4) is 0 Å². The van der Waals surface area contributed by atoms with E-state index in [4.69, 9.17) is 0 Å². The van der Waals surface area contributed by atoms with Gasteiger partial charge in [-0.2, -0.15) is 0 Å². The molecule has 5 nitrogen and oxygen atoms in total. The van der Waals surface area contributed by atoms with Crippen molar-refractivity contribution in [1.29, 1.82) is 0 Å². The molecule has 1 aromatic heterocycles. The predicted octanol–water partition coefficient (Wildman–Crippen LogP) is 2.32. The average Bonchev–Trinajstić information content (AvgIpc) is 2.49. The molecule has 1 heterocycles. The van der Waals surface area contributed by atoms with Crippen LogP contribution >= 0.6 is 0 Å². The number of anilines is 1. The summed E-state index contributed by atoms with van der Waals surface area (Å²) in [5.41, 5.74) is 0.691. The van der Waals surface area contributed by atoms with Gasteiger partial charge in [-0.25, -0.2) is 9.37 Å². The first-order chi connectivity index (χ1) is 10.1. The molecule has 2 aromatic rings. The molecule has 0 saturated heterocycles. The molecule has 2 rings (SSSR count). The second kappa shape index (κ2) is 6.78. The predicted molar refractivity (Wildman–Crippen MR) is 78.4 cm³/mol. The molecule has 6 heteroatoms. The third kappa shape index (κ3) is 3.75. The van der Waals surface area contributed by atoms with Crippen molar-refractivity contribution in [2.45, 2.75) is 13.5 Å². The highest BCUT2D eigenvalue weighted by Gasteiger charge is 2.15. The molecule has 0 unspecified atom stereocenters. The Kier molecular flexibility index (Phi) is 4.81. The van der Waals surface area contributed by atoms with Crippen LogP contribution in [0.15, 0.2) is 36.7 Å². The Bertz CT molecular complexity index is 633. The summed E-state index contributed by atoms with van der Waals surface area (Å²) in [6.45, 7) is 2.80. The van der Waals surface area contributed by atoms with Gasteiger partial charge in [-0.05, 0) is 13.0 Å². The van der Waals surface area contributed by atoms with Gasteiger partial charge in [-0.15, -0.1) is 0 Å². The Morgan fingerprint density at radius 1 is 1.33 bits per heavy atom. The first-order valence-electron chi connectivity index (χ1n) is 6.66. The topological polar surface area (TPSA) is 58.1 Å². The van der Waals surface area contributed by atoms with Gasteiger partial charge in [0.1, 0.15) is 17.3 Å². The lowest BCUT2D eigenvalue weighted by molar-refractivity contribution is 0.0777. The summed E-state index contributed by atoms with van der Waals surface area (Å²) >= 11 is 0. The van der Waals surface area contributed by atoms with E-state index in [1.165, 1.54) is 17.2 Å². The first-order valence-corrected chi connectivity index (χ1v) is 6.66. The zero-order chi connectivity index (χ0) is 15.2. The number of hydrogen-bond donors (Lipinski definition) is 1. The maximum Gasteiger partial charge on any atom is 0.274 e. The van der Waals surface area contributed by atoms with Gasteiger partial charge in [0.2, 0.25) is 0 Å². The van der Waals surface area contributed by atoms with Crippen molar-refractivity contribution >= 4 is 11.7 Å². The van der Waals surface area contributed by atoms with E-state index in [9.17, 15) is 9.18 Å². The third-order valence-corrected chi connectivity index (χ3v) is 2.92. The van der Waals surface area contributed by atoms with Gasteiger partial charge in [0.15, 0.2) is 0 Å². The number of rotatable bonds is 5. The van der Waals surface area contributed by atoms with Crippen LogP contribution in [-0.4, -0.2) is 34.4 Å². The van der Waals surface area contributed by atoms with E-state index in [0.29, 0.717) is 17.9 Å². The second-order valence-electron chi connectivity index (χ2n) is 4.57. The second-order valence-corrected chi connectivity index (χ2v) is 4.57. The number of carbonyl (C=O) groups excluding carboxylic acids is 1. The Hall–Kier alpha value is -2.50. The smallest absolute Gasteiger partial charge is 0.274 e. The summed E-state index contributed by atoms with van der Waals surface area (Å²) in [6.07, 6.45) is 2.96. The standard InChI is InChI=1S/C15H17FN4O/c1-3-18-14-9-17-8-13(19-14)15(21)20(2)10-11-6-4-5-7-12(11)16/h4-9H,3,10H2,1-2H3,(H,18,19). The van der Waals surface area contributed by atoms with Crippen LogP contribution in [0.4, 0.5) is 10.2 Å². The van der Waals surface area contributed by atoms with Crippen LogP contribution in [0.25, 0.3) is 0 Å². The van der Waals surface area contributed by atoms with Crippen molar-refractivity contribution < 1.29 is 9.18 Å². The number of benzene rings is 1. The lowest BCUT2D eigenvalue weighted by Gasteiger charge is -2.17. The maximum absolute atomic E-state index is 13.6. The van der Waals surface area contributed by atoms with Gasteiger partial charge >= 0.3 is 0 Å². The fraction of sp³-hybridized carbons (Fsp3) is 0.267. The molecule has 0 atom stereocenters. The van der Waals surface area contributed by atoms with Crippen LogP contribution in [0.2, 0.25) is 0 Å². The van der Waals surface area contributed by atoms with Crippen molar-refractivity contribution in [3.05, 3.63) is 53.7 Å². The Balaban J connectivity index is 2.12. The summed E-state index contributed by atoms with van der Waals surface area (Å²) in [4.78, 5) is 21.9. The highest BCUT2D eigenvalue weighted by atomic mass is 19.1. The number of nitrogens with zero attached hydrogens (tertiary/aromatic N) is 3. The summed E-state index contributed by atoms with van der Waals surface area (Å²) in [7, 11) is 1.61. The molecule has 1 aromatic carbocycles. The summed E-state index contributed by atoms with van der Waals surface area (Å²) < 4.78 is 13.6. The van der Waals surface area contributed by atoms with E-state index in [1.807, 2.05) is 6.92 Å². The largest absolute Gasteiger partial charge is 0.369 e. The molecular weight excluding hydrogens is 271 g/mol. The molecular formula is C15H17FN4O. The highest BCUT2D eigenvalue weighted by molar-refractivity contribution is 5.92. The van der Waals surface area contributed by atoms with Crippen LogP contribution in [0.5, 0.6) is 0 Å². The molecule has 0 radical (unpaired) electrons. The third-order valence-electron chi connectivity index (χ3n) is 2.92. The maximum atomic E-state index is 13.6. The summed E-state index contributed by atoms with van der Waals surface area (Å²) in [5.74, 6) is -0.0854. The van der Waals surface area contributed by atoms with Gasteiger partial charge in [0, 0.05) is 25.7 Å². The molecule has 110 valence electrons. The van der Waals surface area contributed by atoms with E-state index < -0.39 is 0 Å². The Morgan fingerprint density at radius 2 is 2.10 bits per heavy atom. The number of halogens is 1. The quantitative estimate of drug-likeness (QED) is 0.917. The lowest BCUT2D eigenvalue weighted by Crippen LogP contribution is -2.27. The van der Waals surface area contributed by atoms with Gasteiger partial charge in [0.05, 0.1) is 12.4 Å². The molecule has 0 aliphatic carbocycles. The number of aromatic nitrogens is 2. The number of amides is 1. The minimum absolute atomic E-state index is 0.179. The van der Waals surface area contributed by atoms with E-state index in [0.717, 1.165) is 0 Å². The molecule has 1 amide bonds. The zero-order valence-corrected chi connectivity index (χ0v) is 12.0. The van der Waals surface area contributed by atoms with Crippen molar-refractivity contribution in [2.75, 3.05) is 18.9 Å².